The van der Waals surface area contributed by atoms with Gasteiger partial charge in [-0.2, -0.15) is 0 Å². The Labute approximate surface area is 119 Å². The maximum atomic E-state index is 12.3. The van der Waals surface area contributed by atoms with E-state index in [1.807, 2.05) is 12.1 Å². The molecule has 3 rings (SSSR count). The minimum atomic E-state index is 0.198. The van der Waals surface area contributed by atoms with Crippen LogP contribution in [0.4, 0.5) is 0 Å². The molecule has 2 heteroatoms. The van der Waals surface area contributed by atoms with Crippen molar-refractivity contribution in [2.75, 3.05) is 0 Å². The van der Waals surface area contributed by atoms with E-state index in [0.717, 1.165) is 30.6 Å². The lowest BCUT2D eigenvalue weighted by atomic mass is 9.98. The second-order valence-corrected chi connectivity index (χ2v) is 5.36. The maximum Gasteiger partial charge on any atom is 0.167 e. The molecule has 1 aliphatic heterocycles. The summed E-state index contributed by atoms with van der Waals surface area (Å²) in [5, 5.41) is 3.30. The van der Waals surface area contributed by atoms with E-state index in [-0.39, 0.29) is 5.78 Å². The quantitative estimate of drug-likeness (QED) is 0.860. The van der Waals surface area contributed by atoms with E-state index in [2.05, 4.69) is 42.6 Å². The standard InChI is InChI=1S/C18H19NO/c1-2-13-3-5-14(6-4-13)9-18(20)15-7-8-16-11-19-12-17(16)10-15/h3-8,10,19H,2,9,11-12H2,1H3. The third-order valence-corrected chi connectivity index (χ3v) is 3.96. The Morgan fingerprint density at radius 1 is 1.00 bits per heavy atom. The van der Waals surface area contributed by atoms with Crippen LogP contribution in [-0.4, -0.2) is 5.78 Å². The SMILES string of the molecule is CCc1ccc(CC(=O)c2ccc3c(c2)CNC3)cc1. The van der Waals surface area contributed by atoms with E-state index in [1.54, 1.807) is 0 Å². The molecule has 2 aromatic carbocycles. The average Bonchev–Trinajstić information content (AvgIpc) is 2.95. The summed E-state index contributed by atoms with van der Waals surface area (Å²) in [7, 11) is 0. The molecule has 0 saturated carbocycles. The van der Waals surface area contributed by atoms with E-state index in [0.29, 0.717) is 6.42 Å². The second kappa shape index (κ2) is 5.59. The largest absolute Gasteiger partial charge is 0.309 e. The summed E-state index contributed by atoms with van der Waals surface area (Å²) < 4.78 is 0. The van der Waals surface area contributed by atoms with Crippen LogP contribution < -0.4 is 5.32 Å². The van der Waals surface area contributed by atoms with Crippen molar-refractivity contribution in [2.24, 2.45) is 0 Å². The van der Waals surface area contributed by atoms with Gasteiger partial charge >= 0.3 is 0 Å². The first-order chi connectivity index (χ1) is 9.76. The van der Waals surface area contributed by atoms with Gasteiger partial charge < -0.3 is 5.32 Å². The number of carbonyl (C=O) groups is 1. The van der Waals surface area contributed by atoms with E-state index in [1.165, 1.54) is 16.7 Å². The van der Waals surface area contributed by atoms with Crippen molar-refractivity contribution in [3.63, 3.8) is 0 Å². The Kier molecular flexibility index (Phi) is 3.66. The van der Waals surface area contributed by atoms with E-state index >= 15 is 0 Å². The summed E-state index contributed by atoms with van der Waals surface area (Å²) in [6.07, 6.45) is 1.52. The van der Waals surface area contributed by atoms with Gasteiger partial charge in [0.15, 0.2) is 5.78 Å². The van der Waals surface area contributed by atoms with Crippen molar-refractivity contribution >= 4 is 5.78 Å². The van der Waals surface area contributed by atoms with Crippen LogP contribution in [-0.2, 0) is 25.9 Å². The maximum absolute atomic E-state index is 12.3. The zero-order valence-corrected chi connectivity index (χ0v) is 11.8. The average molecular weight is 265 g/mol. The molecule has 2 aromatic rings. The number of aryl methyl sites for hydroxylation is 1. The first-order valence-corrected chi connectivity index (χ1v) is 7.20. The molecule has 0 aliphatic carbocycles. The summed E-state index contributed by atoms with van der Waals surface area (Å²) in [6.45, 7) is 3.93. The lowest BCUT2D eigenvalue weighted by Gasteiger charge is -2.05. The molecule has 2 nitrogen and oxygen atoms in total. The molecule has 102 valence electrons. The molecule has 0 spiro atoms. The van der Waals surface area contributed by atoms with Crippen molar-refractivity contribution in [2.45, 2.75) is 32.9 Å². The molecule has 0 atom stereocenters. The van der Waals surface area contributed by atoms with Gasteiger partial charge in [-0.1, -0.05) is 43.3 Å². The van der Waals surface area contributed by atoms with E-state index in [4.69, 9.17) is 0 Å². The number of fused-ring (bicyclic) bond motifs is 1. The molecule has 0 aromatic heterocycles. The Morgan fingerprint density at radius 2 is 1.70 bits per heavy atom. The minimum Gasteiger partial charge on any atom is -0.309 e. The van der Waals surface area contributed by atoms with Gasteiger partial charge in [0, 0.05) is 25.1 Å². The fourth-order valence-electron chi connectivity index (χ4n) is 2.65. The monoisotopic (exact) mass is 265 g/mol. The summed E-state index contributed by atoms with van der Waals surface area (Å²) in [5.41, 5.74) is 5.80. The number of Topliss-reactive ketones (excluding diaryl/α,β-unsaturated/α-hetero) is 1. The summed E-state index contributed by atoms with van der Waals surface area (Å²) >= 11 is 0. The van der Waals surface area contributed by atoms with Gasteiger partial charge in [0.25, 0.3) is 0 Å². The number of ketones is 1. The lowest BCUT2D eigenvalue weighted by molar-refractivity contribution is 0.0993. The van der Waals surface area contributed by atoms with Crippen molar-refractivity contribution in [1.29, 1.82) is 0 Å². The van der Waals surface area contributed by atoms with Crippen LogP contribution in [0.5, 0.6) is 0 Å². The van der Waals surface area contributed by atoms with Gasteiger partial charge in [-0.3, -0.25) is 4.79 Å². The highest BCUT2D eigenvalue weighted by Gasteiger charge is 2.13. The topological polar surface area (TPSA) is 29.1 Å². The number of nitrogens with one attached hydrogen (secondary N) is 1. The van der Waals surface area contributed by atoms with Crippen molar-refractivity contribution in [1.82, 2.24) is 5.32 Å². The third-order valence-electron chi connectivity index (χ3n) is 3.96. The number of rotatable bonds is 4. The molecule has 0 amide bonds. The predicted octanol–water partition coefficient (Wildman–Crippen LogP) is 3.28. The second-order valence-electron chi connectivity index (χ2n) is 5.36. The van der Waals surface area contributed by atoms with Crippen LogP contribution in [0.2, 0.25) is 0 Å². The smallest absolute Gasteiger partial charge is 0.167 e. The molecular weight excluding hydrogens is 246 g/mol. The molecule has 1 N–H and O–H groups in total. The minimum absolute atomic E-state index is 0.198. The fourth-order valence-corrected chi connectivity index (χ4v) is 2.65. The summed E-state index contributed by atoms with van der Waals surface area (Å²) in [4.78, 5) is 12.3. The molecule has 1 aliphatic rings. The number of benzene rings is 2. The number of hydrogen-bond acceptors (Lipinski definition) is 2. The van der Waals surface area contributed by atoms with Crippen LogP contribution in [0.1, 0.15) is 39.5 Å². The predicted molar refractivity (Wildman–Crippen MR) is 80.8 cm³/mol. The van der Waals surface area contributed by atoms with Gasteiger partial charge in [0.2, 0.25) is 0 Å². The zero-order chi connectivity index (χ0) is 13.9. The highest BCUT2D eigenvalue weighted by Crippen LogP contribution is 2.18. The first-order valence-electron chi connectivity index (χ1n) is 7.20. The first kappa shape index (κ1) is 13.1. The van der Waals surface area contributed by atoms with Crippen LogP contribution in [0.25, 0.3) is 0 Å². The van der Waals surface area contributed by atoms with E-state index < -0.39 is 0 Å². The Bertz CT molecular complexity index is 628. The van der Waals surface area contributed by atoms with Gasteiger partial charge in [0.1, 0.15) is 0 Å². The highest BCUT2D eigenvalue weighted by molar-refractivity contribution is 5.97. The Hall–Kier alpha value is -1.93. The number of carbonyl (C=O) groups excluding carboxylic acids is 1. The van der Waals surface area contributed by atoms with Crippen LogP contribution in [0, 0.1) is 0 Å². The molecule has 0 bridgehead atoms. The van der Waals surface area contributed by atoms with Crippen molar-refractivity contribution in [3.05, 3.63) is 70.3 Å². The van der Waals surface area contributed by atoms with Crippen LogP contribution in [0.15, 0.2) is 42.5 Å². The highest BCUT2D eigenvalue weighted by atomic mass is 16.1. The van der Waals surface area contributed by atoms with Crippen LogP contribution in [0.3, 0.4) is 0 Å². The summed E-state index contributed by atoms with van der Waals surface area (Å²) in [6, 6.07) is 14.4. The van der Waals surface area contributed by atoms with Gasteiger partial charge in [0.05, 0.1) is 0 Å². The Morgan fingerprint density at radius 3 is 2.45 bits per heavy atom. The fraction of sp³-hybridized carbons (Fsp3) is 0.278. The van der Waals surface area contributed by atoms with Crippen molar-refractivity contribution in [3.8, 4) is 0 Å². The van der Waals surface area contributed by atoms with Crippen molar-refractivity contribution < 1.29 is 4.79 Å². The summed E-state index contributed by atoms with van der Waals surface area (Å²) in [5.74, 6) is 0.198. The normalized spacial score (nSPS) is 13.2. The Balaban J connectivity index is 1.75. The lowest BCUT2D eigenvalue weighted by Crippen LogP contribution is -2.04. The van der Waals surface area contributed by atoms with Gasteiger partial charge in [-0.25, -0.2) is 0 Å². The van der Waals surface area contributed by atoms with Crippen LogP contribution >= 0.6 is 0 Å². The number of hydrogen-bond donors (Lipinski definition) is 1. The molecule has 1 heterocycles. The molecule has 20 heavy (non-hydrogen) atoms. The molecular formula is C18H19NO. The molecule has 0 unspecified atom stereocenters. The molecule has 0 saturated heterocycles. The van der Waals surface area contributed by atoms with Gasteiger partial charge in [-0.15, -0.1) is 0 Å². The van der Waals surface area contributed by atoms with E-state index in [9.17, 15) is 4.79 Å². The third kappa shape index (κ3) is 2.66. The molecule has 0 radical (unpaired) electrons. The molecule has 0 fully saturated rings. The van der Waals surface area contributed by atoms with Gasteiger partial charge in [-0.05, 0) is 34.7 Å². The zero-order valence-electron chi connectivity index (χ0n) is 11.8.